The monoisotopic (exact) mass is 88.0 g/mol. The Kier molecular flexibility index (Phi) is 8.29. The minimum atomic E-state index is -2.12. The van der Waals surface area contributed by atoms with E-state index in [4.69, 9.17) is 8.42 Å². The topological polar surface area (TPSA) is 34.1 Å². The van der Waals surface area contributed by atoms with Crippen LogP contribution < -0.4 is 0 Å². The summed E-state index contributed by atoms with van der Waals surface area (Å²) in [6, 6.07) is 0. The fourth-order valence-electron chi connectivity index (χ4n) is 0. The third kappa shape index (κ3) is 98.5. The van der Waals surface area contributed by atoms with Crippen LogP contribution in [-0.4, -0.2) is 33.5 Å². The van der Waals surface area contributed by atoms with Gasteiger partial charge in [-0.3, -0.25) is 0 Å². The third-order valence-electron chi connectivity index (χ3n) is 0. The van der Waals surface area contributed by atoms with E-state index in [0.717, 1.165) is 6.26 Å². The molecule has 0 spiro atoms. The van der Waals surface area contributed by atoms with E-state index in [1.54, 1.807) is 0 Å². The number of thiol groups is 1. The molecule has 0 bridgehead atoms. The Morgan fingerprint density at radius 3 is 1.40 bits per heavy atom. The van der Waals surface area contributed by atoms with Gasteiger partial charge in [-0.2, -0.15) is 0 Å². The minimum absolute atomic E-state index is 0. The van der Waals surface area contributed by atoms with Gasteiger partial charge < -0.3 is 0 Å². The van der Waals surface area contributed by atoms with Crippen LogP contribution in [0.25, 0.3) is 0 Å². The molecule has 0 aliphatic carbocycles. The van der Waals surface area contributed by atoms with Crippen LogP contribution in [0, 0.1) is 0 Å². The zero-order valence-electron chi connectivity index (χ0n) is 2.26. The van der Waals surface area contributed by atoms with E-state index in [9.17, 15) is 0 Å². The molecular weight excluding hydrogens is 83.0 g/mol. The van der Waals surface area contributed by atoms with Crippen LogP contribution in [0.4, 0.5) is 0 Å². The van der Waals surface area contributed by atoms with Gasteiger partial charge in [0.05, 0.1) is 0 Å². The summed E-state index contributed by atoms with van der Waals surface area (Å²) in [6.45, 7) is 0. The molecule has 0 aromatic heterocycles. The van der Waals surface area contributed by atoms with Gasteiger partial charge in [0, 0.05) is 6.26 Å². The molecule has 0 saturated heterocycles. The van der Waals surface area contributed by atoms with E-state index in [0.29, 0.717) is 0 Å². The molecule has 28 valence electrons. The molecule has 0 atom stereocenters. The van der Waals surface area contributed by atoms with Crippen molar-refractivity contribution in [1.29, 1.82) is 0 Å². The first kappa shape index (κ1) is 9.12. The van der Waals surface area contributed by atoms with Crippen LogP contribution >= 0.6 is 0 Å². The summed E-state index contributed by atoms with van der Waals surface area (Å²) in [5.41, 5.74) is 0. The Hall–Kier alpha value is 0.547. The van der Waals surface area contributed by atoms with Crippen molar-refractivity contribution in [2.75, 3.05) is 6.26 Å². The van der Waals surface area contributed by atoms with Gasteiger partial charge in [0.25, 0.3) is 0 Å². The second-order valence-corrected chi connectivity index (χ2v) is 1.32. The van der Waals surface area contributed by atoms with Crippen LogP contribution in [0.2, 0.25) is 0 Å². The molecule has 0 saturated carbocycles. The van der Waals surface area contributed by atoms with Gasteiger partial charge in [0.2, 0.25) is 0 Å². The number of rotatable bonds is 0. The molecule has 4 heteroatoms. The molecular formula is CH5LiO2S. The first-order valence-corrected chi connectivity index (χ1v) is 2.44. The fourth-order valence-corrected chi connectivity index (χ4v) is 0. The van der Waals surface area contributed by atoms with Crippen LogP contribution in [0.3, 0.4) is 0 Å². The van der Waals surface area contributed by atoms with Gasteiger partial charge in [0.15, 0.2) is 0 Å². The zero-order chi connectivity index (χ0) is 3.58. The van der Waals surface area contributed by atoms with Crippen molar-refractivity contribution in [3.63, 3.8) is 0 Å². The Bertz CT molecular complexity index is 58.0. The summed E-state index contributed by atoms with van der Waals surface area (Å²) in [6.07, 6.45) is 1.12. The maximum atomic E-state index is 9.04. The van der Waals surface area contributed by atoms with Crippen molar-refractivity contribution in [1.82, 2.24) is 0 Å². The molecule has 0 heterocycles. The van der Waals surface area contributed by atoms with E-state index in [2.05, 4.69) is 0 Å². The quantitative estimate of drug-likeness (QED) is 0.291. The summed E-state index contributed by atoms with van der Waals surface area (Å²) in [4.78, 5) is 0. The van der Waals surface area contributed by atoms with Gasteiger partial charge in [-0.15, -0.1) is 0 Å². The molecule has 0 unspecified atom stereocenters. The summed E-state index contributed by atoms with van der Waals surface area (Å²) < 4.78 is 18.1. The summed E-state index contributed by atoms with van der Waals surface area (Å²) in [5.74, 6) is 0. The predicted molar refractivity (Wildman–Crippen MR) is 23.4 cm³/mol. The van der Waals surface area contributed by atoms with E-state index in [-0.39, 0.29) is 18.9 Å². The van der Waals surface area contributed by atoms with E-state index in [1.165, 1.54) is 0 Å². The first-order valence-electron chi connectivity index (χ1n) is 0.812. The molecule has 0 amide bonds. The average molecular weight is 88.1 g/mol. The first-order chi connectivity index (χ1) is 1.73. The van der Waals surface area contributed by atoms with Gasteiger partial charge in [-0.1, -0.05) is 0 Å². The second-order valence-electron chi connectivity index (χ2n) is 0.440. The Morgan fingerprint density at radius 1 is 1.40 bits per heavy atom. The van der Waals surface area contributed by atoms with Gasteiger partial charge in [-0.25, -0.2) is 8.42 Å². The van der Waals surface area contributed by atoms with Crippen LogP contribution in [0.1, 0.15) is 0 Å². The molecule has 0 aromatic carbocycles. The summed E-state index contributed by atoms with van der Waals surface area (Å²) >= 11 is 0. The predicted octanol–water partition coefficient (Wildman–Crippen LogP) is -1.42. The molecule has 0 aliphatic rings. The molecule has 0 fully saturated rings. The number of hydrogen-bond donors (Lipinski definition) is 1. The molecule has 2 nitrogen and oxygen atoms in total. The number of hydrogen-bond acceptors (Lipinski definition) is 2. The van der Waals surface area contributed by atoms with Crippen LogP contribution in [0.15, 0.2) is 0 Å². The van der Waals surface area contributed by atoms with Crippen molar-refractivity contribution in [2.24, 2.45) is 0 Å². The van der Waals surface area contributed by atoms with Crippen molar-refractivity contribution < 1.29 is 8.42 Å². The molecule has 0 rings (SSSR count). The third-order valence-corrected chi connectivity index (χ3v) is 0. The zero-order valence-corrected chi connectivity index (χ0v) is 3.16. The molecule has 0 aliphatic heterocycles. The summed E-state index contributed by atoms with van der Waals surface area (Å²) in [7, 11) is -2.12. The van der Waals surface area contributed by atoms with Crippen molar-refractivity contribution in [2.45, 2.75) is 0 Å². The van der Waals surface area contributed by atoms with E-state index in [1.807, 2.05) is 0 Å². The SMILES string of the molecule is C[SH](=O)=O.[LiH]. The molecule has 0 radical (unpaired) electrons. The molecule has 0 N–H and O–H groups in total. The maximum absolute atomic E-state index is 9.04. The Labute approximate surface area is 44.7 Å². The Balaban J connectivity index is 0. The van der Waals surface area contributed by atoms with Gasteiger partial charge in [-0.05, 0) is 0 Å². The van der Waals surface area contributed by atoms with Crippen molar-refractivity contribution in [3.8, 4) is 0 Å². The van der Waals surface area contributed by atoms with E-state index < -0.39 is 10.7 Å². The van der Waals surface area contributed by atoms with Crippen LogP contribution in [0.5, 0.6) is 0 Å². The van der Waals surface area contributed by atoms with Gasteiger partial charge in [0.1, 0.15) is 10.7 Å². The fraction of sp³-hybridized carbons (Fsp3) is 1.00. The van der Waals surface area contributed by atoms with Gasteiger partial charge >= 0.3 is 18.9 Å². The summed E-state index contributed by atoms with van der Waals surface area (Å²) in [5, 5.41) is 0. The van der Waals surface area contributed by atoms with Crippen molar-refractivity contribution in [3.05, 3.63) is 0 Å². The molecule has 0 aromatic rings. The second kappa shape index (κ2) is 4.55. The standard InChI is InChI=1S/CH4O2S.Li.H/c1-4(2)3;;/h4H,1H3;;. The van der Waals surface area contributed by atoms with E-state index >= 15 is 0 Å². The Morgan fingerprint density at radius 2 is 1.40 bits per heavy atom. The van der Waals surface area contributed by atoms with Crippen LogP contribution in [-0.2, 0) is 10.7 Å². The average Bonchev–Trinajstić information content (AvgIpc) is 0.811. The molecule has 5 heavy (non-hydrogen) atoms. The van der Waals surface area contributed by atoms with Crippen molar-refractivity contribution >= 4 is 29.6 Å². The normalized spacial score (nSPS) is 6.80.